The number of aromatic nitrogens is 3. The normalized spacial score (nSPS) is 10.9. The van der Waals surface area contributed by atoms with Gasteiger partial charge in [-0.25, -0.2) is 9.67 Å². The monoisotopic (exact) mass is 521 g/mol. The molecular formula is C21H14ClF2N5O5S. The van der Waals surface area contributed by atoms with E-state index in [1.165, 1.54) is 58.6 Å². The zero-order valence-electron chi connectivity index (χ0n) is 17.4. The van der Waals surface area contributed by atoms with Crippen molar-refractivity contribution in [1.82, 2.24) is 14.8 Å². The fourth-order valence-electron chi connectivity index (χ4n) is 2.84. The third-order valence-electron chi connectivity index (χ3n) is 4.45. The maximum atomic E-state index is 12.5. The maximum absolute atomic E-state index is 12.5. The SMILES string of the molecule is O=C(Nc1nc(-c2ccc(OC(F)F)cc2)cs1)c1ccn(COc2ccc([N+](=O)[O-])cc2Cl)n1. The van der Waals surface area contributed by atoms with Crippen LogP contribution in [0.3, 0.4) is 0 Å². The molecule has 10 nitrogen and oxygen atoms in total. The van der Waals surface area contributed by atoms with Crippen LogP contribution in [0.2, 0.25) is 5.02 Å². The quantitative estimate of drug-likeness (QED) is 0.229. The minimum Gasteiger partial charge on any atom is -0.470 e. The van der Waals surface area contributed by atoms with Crippen molar-refractivity contribution in [3.63, 3.8) is 0 Å². The van der Waals surface area contributed by atoms with Gasteiger partial charge in [-0.15, -0.1) is 11.3 Å². The zero-order valence-corrected chi connectivity index (χ0v) is 19.0. The van der Waals surface area contributed by atoms with E-state index >= 15 is 0 Å². The van der Waals surface area contributed by atoms with E-state index in [4.69, 9.17) is 16.3 Å². The second-order valence-electron chi connectivity index (χ2n) is 6.78. The Hall–Kier alpha value is -4.10. The topological polar surface area (TPSA) is 121 Å². The molecule has 0 aliphatic rings. The number of nitro groups is 1. The number of nitro benzene ring substituents is 1. The van der Waals surface area contributed by atoms with Gasteiger partial charge in [0.25, 0.3) is 11.6 Å². The Kier molecular flexibility index (Phi) is 7.17. The highest BCUT2D eigenvalue weighted by Crippen LogP contribution is 2.29. The average molecular weight is 522 g/mol. The fraction of sp³-hybridized carbons (Fsp3) is 0.0952. The largest absolute Gasteiger partial charge is 0.470 e. The second-order valence-corrected chi connectivity index (χ2v) is 8.05. The zero-order chi connectivity index (χ0) is 24.9. The lowest BCUT2D eigenvalue weighted by atomic mass is 10.2. The molecule has 0 radical (unpaired) electrons. The molecule has 0 saturated carbocycles. The summed E-state index contributed by atoms with van der Waals surface area (Å²) in [7, 11) is 0. The molecule has 0 aliphatic carbocycles. The van der Waals surface area contributed by atoms with E-state index in [9.17, 15) is 23.7 Å². The lowest BCUT2D eigenvalue weighted by Crippen LogP contribution is -2.14. The standard InChI is InChI=1S/C21H14ClF2N5O5S/c22-15-9-13(29(31)32)3-6-18(15)33-11-28-8-7-16(27-28)19(30)26-21-25-17(10-35-21)12-1-4-14(5-2-12)34-20(23)24/h1-10,20H,11H2,(H,25,26,30). The van der Waals surface area contributed by atoms with Gasteiger partial charge in [-0.3, -0.25) is 20.2 Å². The van der Waals surface area contributed by atoms with Crippen molar-refractivity contribution >= 4 is 39.7 Å². The molecule has 0 bridgehead atoms. The van der Waals surface area contributed by atoms with Crippen molar-refractivity contribution in [1.29, 1.82) is 0 Å². The van der Waals surface area contributed by atoms with E-state index in [-0.39, 0.29) is 34.6 Å². The van der Waals surface area contributed by atoms with Gasteiger partial charge < -0.3 is 9.47 Å². The number of ether oxygens (including phenoxy) is 2. The van der Waals surface area contributed by atoms with Crippen LogP contribution in [-0.4, -0.2) is 32.2 Å². The van der Waals surface area contributed by atoms with Crippen LogP contribution in [0.1, 0.15) is 10.5 Å². The van der Waals surface area contributed by atoms with Crippen LogP contribution in [0.5, 0.6) is 11.5 Å². The third kappa shape index (κ3) is 6.07. The first-order valence-corrected chi connectivity index (χ1v) is 11.0. The van der Waals surface area contributed by atoms with Crippen molar-refractivity contribution in [3.05, 3.63) is 80.9 Å². The van der Waals surface area contributed by atoms with E-state index in [1.807, 2.05) is 0 Å². The summed E-state index contributed by atoms with van der Waals surface area (Å²) in [4.78, 5) is 27.1. The molecule has 0 spiro atoms. The Bertz CT molecular complexity index is 1360. The number of amides is 1. The highest BCUT2D eigenvalue weighted by Gasteiger charge is 2.14. The Balaban J connectivity index is 1.35. The summed E-state index contributed by atoms with van der Waals surface area (Å²) in [6.07, 6.45) is 1.52. The van der Waals surface area contributed by atoms with Gasteiger partial charge in [0.2, 0.25) is 0 Å². The van der Waals surface area contributed by atoms with Crippen molar-refractivity contribution in [3.8, 4) is 22.8 Å². The minimum atomic E-state index is -2.91. The Morgan fingerprint density at radius 1 is 1.23 bits per heavy atom. The molecule has 0 unspecified atom stereocenters. The van der Waals surface area contributed by atoms with Crippen LogP contribution in [0.25, 0.3) is 11.3 Å². The molecule has 14 heteroatoms. The third-order valence-corrected chi connectivity index (χ3v) is 5.50. The minimum absolute atomic E-state index is 0.0305. The number of carbonyl (C=O) groups excluding carboxylic acids is 1. The summed E-state index contributed by atoms with van der Waals surface area (Å²) in [5.74, 6) is -0.246. The summed E-state index contributed by atoms with van der Waals surface area (Å²) < 4.78 is 35.7. The molecule has 4 rings (SSSR count). The van der Waals surface area contributed by atoms with E-state index in [1.54, 1.807) is 17.5 Å². The molecule has 2 aromatic carbocycles. The number of rotatable bonds is 9. The van der Waals surface area contributed by atoms with Crippen LogP contribution < -0.4 is 14.8 Å². The first kappa shape index (κ1) is 24.0. The maximum Gasteiger partial charge on any atom is 0.387 e. The highest BCUT2D eigenvalue weighted by atomic mass is 35.5. The number of benzene rings is 2. The summed E-state index contributed by atoms with van der Waals surface area (Å²) in [5, 5.41) is 19.6. The first-order valence-electron chi connectivity index (χ1n) is 9.71. The molecular weight excluding hydrogens is 508 g/mol. The summed E-state index contributed by atoms with van der Waals surface area (Å²) in [6.45, 7) is -2.99. The molecule has 2 heterocycles. The number of alkyl halides is 2. The Labute approximate surface area is 204 Å². The molecule has 1 N–H and O–H groups in total. The van der Waals surface area contributed by atoms with Gasteiger partial charge in [0.1, 0.15) is 11.5 Å². The Morgan fingerprint density at radius 3 is 2.69 bits per heavy atom. The smallest absolute Gasteiger partial charge is 0.387 e. The van der Waals surface area contributed by atoms with E-state index in [0.717, 1.165) is 0 Å². The molecule has 1 amide bonds. The van der Waals surface area contributed by atoms with Crippen LogP contribution in [0, 0.1) is 10.1 Å². The number of thiazole rings is 1. The van der Waals surface area contributed by atoms with Gasteiger partial charge in [0.05, 0.1) is 15.6 Å². The molecule has 180 valence electrons. The summed E-state index contributed by atoms with van der Waals surface area (Å²) in [6, 6.07) is 11.2. The predicted octanol–water partition coefficient (Wildman–Crippen LogP) is 5.46. The van der Waals surface area contributed by atoms with Gasteiger partial charge in [-0.1, -0.05) is 11.6 Å². The lowest BCUT2D eigenvalue weighted by Gasteiger charge is -2.07. The highest BCUT2D eigenvalue weighted by molar-refractivity contribution is 7.14. The number of anilines is 1. The number of nitrogens with one attached hydrogen (secondary N) is 1. The van der Waals surface area contributed by atoms with Crippen molar-refractivity contribution in [2.24, 2.45) is 0 Å². The average Bonchev–Trinajstić information content (AvgIpc) is 3.48. The van der Waals surface area contributed by atoms with Crippen molar-refractivity contribution in [2.45, 2.75) is 13.3 Å². The van der Waals surface area contributed by atoms with Gasteiger partial charge in [0, 0.05) is 29.3 Å². The van der Waals surface area contributed by atoms with Crippen LogP contribution in [0.15, 0.2) is 60.1 Å². The van der Waals surface area contributed by atoms with Gasteiger partial charge >= 0.3 is 6.61 Å². The lowest BCUT2D eigenvalue weighted by molar-refractivity contribution is -0.384. The molecule has 4 aromatic rings. The number of halogens is 3. The van der Waals surface area contributed by atoms with Gasteiger partial charge in [0.15, 0.2) is 17.6 Å². The van der Waals surface area contributed by atoms with Crippen molar-refractivity contribution < 1.29 is 28.0 Å². The second kappa shape index (κ2) is 10.4. The molecule has 0 saturated heterocycles. The number of hydrogen-bond acceptors (Lipinski definition) is 8. The van der Waals surface area contributed by atoms with Gasteiger partial charge in [-0.05, 0) is 36.4 Å². The molecule has 0 fully saturated rings. The predicted molar refractivity (Wildman–Crippen MR) is 123 cm³/mol. The van der Waals surface area contributed by atoms with Crippen molar-refractivity contribution in [2.75, 3.05) is 5.32 Å². The summed E-state index contributed by atoms with van der Waals surface area (Å²) in [5.41, 5.74) is 1.15. The number of carbonyl (C=O) groups is 1. The molecule has 35 heavy (non-hydrogen) atoms. The summed E-state index contributed by atoms with van der Waals surface area (Å²) >= 11 is 7.18. The van der Waals surface area contributed by atoms with Gasteiger partial charge in [-0.2, -0.15) is 13.9 Å². The molecule has 0 aliphatic heterocycles. The van der Waals surface area contributed by atoms with Crippen LogP contribution in [0.4, 0.5) is 19.6 Å². The van der Waals surface area contributed by atoms with Crippen LogP contribution in [-0.2, 0) is 6.73 Å². The Morgan fingerprint density at radius 2 is 2.00 bits per heavy atom. The van der Waals surface area contributed by atoms with E-state index < -0.39 is 17.4 Å². The number of nitrogens with zero attached hydrogens (tertiary/aromatic N) is 4. The number of non-ortho nitro benzene ring substituents is 1. The van der Waals surface area contributed by atoms with E-state index in [0.29, 0.717) is 16.4 Å². The first-order chi connectivity index (χ1) is 16.8. The fourth-order valence-corrected chi connectivity index (χ4v) is 3.79. The van der Waals surface area contributed by atoms with Crippen LogP contribution >= 0.6 is 22.9 Å². The molecule has 0 atom stereocenters. The molecule has 2 aromatic heterocycles. The number of hydrogen-bond donors (Lipinski definition) is 1. The van der Waals surface area contributed by atoms with E-state index in [2.05, 4.69) is 20.1 Å².